The molecule has 1 aromatic heterocycles. The molecule has 0 spiro atoms. The minimum absolute atomic E-state index is 0.339. The lowest BCUT2D eigenvalue weighted by Gasteiger charge is -2.36. The molecule has 1 aromatic rings. The van der Waals surface area contributed by atoms with Crippen LogP contribution in [0.2, 0.25) is 0 Å². The number of rotatable bonds is 3. The second kappa shape index (κ2) is 5.62. The molecule has 0 bridgehead atoms. The summed E-state index contributed by atoms with van der Waals surface area (Å²) in [6, 6.07) is 3.52. The largest absolute Gasteiger partial charge is 0.468 e. The number of likely N-dealkylation sites (tertiary alicyclic amines) is 1. The average molecular weight is 255 g/mol. The van der Waals surface area contributed by atoms with Crippen LogP contribution in [0.5, 0.6) is 0 Å². The van der Waals surface area contributed by atoms with Crippen molar-refractivity contribution in [2.75, 3.05) is 13.7 Å². The summed E-state index contributed by atoms with van der Waals surface area (Å²) in [7, 11) is 1.37. The Kier molecular flexibility index (Phi) is 4.15. The number of piperidine rings is 1. The van der Waals surface area contributed by atoms with Gasteiger partial charge in [-0.05, 0) is 30.8 Å². The minimum atomic E-state index is -0.615. The van der Waals surface area contributed by atoms with Crippen molar-refractivity contribution in [2.24, 2.45) is 0 Å². The molecule has 1 saturated heterocycles. The SMILES string of the molecule is COC(=O)[C@@H]1[C@H](O)CCCN1Cc1cccs1. The summed E-state index contributed by atoms with van der Waals surface area (Å²) in [5.74, 6) is -0.339. The van der Waals surface area contributed by atoms with Crippen molar-refractivity contribution in [1.29, 1.82) is 0 Å². The van der Waals surface area contributed by atoms with Gasteiger partial charge in [0.25, 0.3) is 0 Å². The van der Waals surface area contributed by atoms with Crippen LogP contribution in [-0.4, -0.2) is 41.8 Å². The average Bonchev–Trinajstić information content (AvgIpc) is 2.81. The zero-order chi connectivity index (χ0) is 12.3. The van der Waals surface area contributed by atoms with Crippen molar-refractivity contribution in [3.8, 4) is 0 Å². The summed E-state index contributed by atoms with van der Waals surface area (Å²) in [5, 5.41) is 11.9. The van der Waals surface area contributed by atoms with E-state index >= 15 is 0 Å². The van der Waals surface area contributed by atoms with E-state index in [1.807, 2.05) is 22.4 Å². The molecule has 1 N–H and O–H groups in total. The number of aliphatic hydroxyl groups excluding tert-OH is 1. The minimum Gasteiger partial charge on any atom is -0.468 e. The Hall–Kier alpha value is -0.910. The molecule has 5 heteroatoms. The van der Waals surface area contributed by atoms with Crippen LogP contribution in [0.4, 0.5) is 0 Å². The fourth-order valence-corrected chi connectivity index (χ4v) is 2.98. The number of thiophene rings is 1. The molecular formula is C12H17NO3S. The molecule has 2 rings (SSSR count). The van der Waals surface area contributed by atoms with Crippen LogP contribution in [0.1, 0.15) is 17.7 Å². The Morgan fingerprint density at radius 1 is 1.71 bits per heavy atom. The first-order chi connectivity index (χ1) is 8.22. The number of aliphatic hydroxyl groups is 1. The molecule has 4 nitrogen and oxygen atoms in total. The Labute approximate surface area is 105 Å². The van der Waals surface area contributed by atoms with Crippen LogP contribution in [0.15, 0.2) is 17.5 Å². The summed E-state index contributed by atoms with van der Waals surface area (Å²) in [6.07, 6.45) is 0.969. The molecule has 0 radical (unpaired) electrons. The van der Waals surface area contributed by atoms with Gasteiger partial charge in [-0.2, -0.15) is 0 Å². The molecule has 0 unspecified atom stereocenters. The molecule has 1 aliphatic rings. The zero-order valence-corrected chi connectivity index (χ0v) is 10.7. The highest BCUT2D eigenvalue weighted by molar-refractivity contribution is 7.09. The Morgan fingerprint density at radius 2 is 2.53 bits per heavy atom. The van der Waals surface area contributed by atoms with Crippen molar-refractivity contribution in [3.63, 3.8) is 0 Å². The maximum Gasteiger partial charge on any atom is 0.325 e. The lowest BCUT2D eigenvalue weighted by molar-refractivity contribution is -0.154. The van der Waals surface area contributed by atoms with Crippen LogP contribution in [-0.2, 0) is 16.1 Å². The number of carbonyl (C=O) groups is 1. The highest BCUT2D eigenvalue weighted by atomic mass is 32.1. The van der Waals surface area contributed by atoms with E-state index in [0.29, 0.717) is 13.0 Å². The molecule has 2 atom stereocenters. The van der Waals surface area contributed by atoms with Crippen molar-refractivity contribution >= 4 is 17.3 Å². The highest BCUT2D eigenvalue weighted by Crippen LogP contribution is 2.22. The molecule has 94 valence electrons. The van der Waals surface area contributed by atoms with Gasteiger partial charge in [-0.25, -0.2) is 0 Å². The van der Waals surface area contributed by atoms with Gasteiger partial charge in [0.05, 0.1) is 13.2 Å². The van der Waals surface area contributed by atoms with Crippen molar-refractivity contribution in [2.45, 2.75) is 31.5 Å². The van der Waals surface area contributed by atoms with E-state index < -0.39 is 12.1 Å². The Morgan fingerprint density at radius 3 is 3.18 bits per heavy atom. The number of hydrogen-bond acceptors (Lipinski definition) is 5. The molecule has 17 heavy (non-hydrogen) atoms. The first kappa shape index (κ1) is 12.5. The van der Waals surface area contributed by atoms with Gasteiger partial charge in [0, 0.05) is 11.4 Å². The van der Waals surface area contributed by atoms with E-state index in [-0.39, 0.29) is 5.97 Å². The van der Waals surface area contributed by atoms with Gasteiger partial charge in [0.1, 0.15) is 6.04 Å². The number of esters is 1. The molecular weight excluding hydrogens is 238 g/mol. The molecule has 1 aliphatic heterocycles. The van der Waals surface area contributed by atoms with Crippen LogP contribution in [0, 0.1) is 0 Å². The molecule has 0 aliphatic carbocycles. The zero-order valence-electron chi connectivity index (χ0n) is 9.83. The van der Waals surface area contributed by atoms with Gasteiger partial charge in [-0.3, -0.25) is 9.69 Å². The maximum atomic E-state index is 11.7. The Bertz CT molecular complexity index is 366. The normalized spacial score (nSPS) is 25.8. The second-order valence-electron chi connectivity index (χ2n) is 4.23. The maximum absolute atomic E-state index is 11.7. The monoisotopic (exact) mass is 255 g/mol. The number of hydrogen-bond donors (Lipinski definition) is 1. The second-order valence-corrected chi connectivity index (χ2v) is 5.26. The lowest BCUT2D eigenvalue weighted by Crippen LogP contribution is -2.52. The third-order valence-corrected chi connectivity index (χ3v) is 3.95. The standard InChI is InChI=1S/C12H17NO3S/c1-16-12(15)11-10(14)5-2-6-13(11)8-9-4-3-7-17-9/h3-4,7,10-11,14H,2,5-6,8H2,1H3/t10-,11+/m1/s1. The fraction of sp³-hybridized carbons (Fsp3) is 0.583. The number of carbonyl (C=O) groups excluding carboxylic acids is 1. The van der Waals surface area contributed by atoms with E-state index in [1.165, 1.54) is 12.0 Å². The Balaban J connectivity index is 2.09. The summed E-state index contributed by atoms with van der Waals surface area (Å²) in [6.45, 7) is 1.53. The van der Waals surface area contributed by atoms with Gasteiger partial charge >= 0.3 is 5.97 Å². The third kappa shape index (κ3) is 2.86. The van der Waals surface area contributed by atoms with Crippen LogP contribution in [0.3, 0.4) is 0 Å². The molecule has 2 heterocycles. The van der Waals surface area contributed by atoms with E-state index in [2.05, 4.69) is 0 Å². The van der Waals surface area contributed by atoms with E-state index in [4.69, 9.17) is 4.74 Å². The summed E-state index contributed by atoms with van der Waals surface area (Å²) < 4.78 is 4.77. The van der Waals surface area contributed by atoms with Crippen molar-refractivity contribution in [3.05, 3.63) is 22.4 Å². The quantitative estimate of drug-likeness (QED) is 0.826. The summed E-state index contributed by atoms with van der Waals surface area (Å²) in [4.78, 5) is 14.9. The predicted octanol–water partition coefficient (Wildman–Crippen LogP) is 1.25. The van der Waals surface area contributed by atoms with Crippen LogP contribution >= 0.6 is 11.3 Å². The topological polar surface area (TPSA) is 49.8 Å². The summed E-state index contributed by atoms with van der Waals surface area (Å²) >= 11 is 1.66. The molecule has 0 saturated carbocycles. The number of methoxy groups -OCH3 is 1. The van der Waals surface area contributed by atoms with Crippen LogP contribution < -0.4 is 0 Å². The first-order valence-corrected chi connectivity index (χ1v) is 6.62. The van der Waals surface area contributed by atoms with E-state index in [9.17, 15) is 9.90 Å². The fourth-order valence-electron chi connectivity index (χ4n) is 2.25. The van der Waals surface area contributed by atoms with E-state index in [1.54, 1.807) is 11.3 Å². The van der Waals surface area contributed by atoms with E-state index in [0.717, 1.165) is 13.0 Å². The van der Waals surface area contributed by atoms with Gasteiger partial charge < -0.3 is 9.84 Å². The smallest absolute Gasteiger partial charge is 0.325 e. The molecule has 0 amide bonds. The van der Waals surface area contributed by atoms with Crippen LogP contribution in [0.25, 0.3) is 0 Å². The number of nitrogens with zero attached hydrogens (tertiary/aromatic N) is 1. The number of ether oxygens (including phenoxy) is 1. The lowest BCUT2D eigenvalue weighted by atomic mass is 9.99. The van der Waals surface area contributed by atoms with Crippen molar-refractivity contribution < 1.29 is 14.6 Å². The van der Waals surface area contributed by atoms with Gasteiger partial charge in [-0.1, -0.05) is 6.07 Å². The first-order valence-electron chi connectivity index (χ1n) is 5.74. The third-order valence-electron chi connectivity index (χ3n) is 3.08. The highest BCUT2D eigenvalue weighted by Gasteiger charge is 2.36. The van der Waals surface area contributed by atoms with Crippen molar-refractivity contribution in [1.82, 2.24) is 4.90 Å². The van der Waals surface area contributed by atoms with Gasteiger partial charge in [0.15, 0.2) is 0 Å². The molecule has 1 fully saturated rings. The predicted molar refractivity (Wildman–Crippen MR) is 65.8 cm³/mol. The summed E-state index contributed by atoms with van der Waals surface area (Å²) in [5.41, 5.74) is 0. The van der Waals surface area contributed by atoms with Gasteiger partial charge in [0.2, 0.25) is 0 Å². The molecule has 0 aromatic carbocycles. The van der Waals surface area contributed by atoms with Gasteiger partial charge in [-0.15, -0.1) is 11.3 Å².